The Morgan fingerprint density at radius 1 is 1.00 bits per heavy atom. The molecule has 0 radical (unpaired) electrons. The Bertz CT molecular complexity index is 302. The second kappa shape index (κ2) is 7.56. The number of amides is 2. The maximum Gasteiger partial charge on any atom is 0.321 e. The molecule has 19 heavy (non-hydrogen) atoms. The normalized spacial score (nSPS) is 22.6. The van der Waals surface area contributed by atoms with Crippen molar-refractivity contribution in [1.82, 2.24) is 10.2 Å². The van der Waals surface area contributed by atoms with Crippen molar-refractivity contribution in [3.63, 3.8) is 0 Å². The summed E-state index contributed by atoms with van der Waals surface area (Å²) in [7, 11) is 1.93. The third-order valence-corrected chi connectivity index (χ3v) is 4.67. The predicted molar refractivity (Wildman–Crippen MR) is 78.9 cm³/mol. The highest BCUT2D eigenvalue weighted by Crippen LogP contribution is 2.24. The maximum atomic E-state index is 12.0. The van der Waals surface area contributed by atoms with Crippen LogP contribution in [0.3, 0.4) is 0 Å². The molecule has 2 rings (SSSR count). The van der Waals surface area contributed by atoms with Crippen molar-refractivity contribution in [2.45, 2.75) is 70.3 Å². The summed E-state index contributed by atoms with van der Waals surface area (Å²) in [6.07, 6.45) is 16.9. The fourth-order valence-corrected chi connectivity index (χ4v) is 3.32. The fourth-order valence-electron chi connectivity index (χ4n) is 3.32. The lowest BCUT2D eigenvalue weighted by atomic mass is 9.89. The average Bonchev–Trinajstić information content (AvgIpc) is 2.48. The van der Waals surface area contributed by atoms with Crippen LogP contribution in [0.4, 0.5) is 4.79 Å². The predicted octanol–water partition coefficient (Wildman–Crippen LogP) is 4.05. The molecule has 0 heterocycles. The van der Waals surface area contributed by atoms with Gasteiger partial charge in [-0.1, -0.05) is 44.6 Å². The lowest BCUT2D eigenvalue weighted by Gasteiger charge is -2.30. The minimum absolute atomic E-state index is 0.0546. The highest BCUT2D eigenvalue weighted by molar-refractivity contribution is 5.75. The summed E-state index contributed by atoms with van der Waals surface area (Å²) in [6.45, 7) is 0. The van der Waals surface area contributed by atoms with Crippen molar-refractivity contribution in [3.05, 3.63) is 12.3 Å². The largest absolute Gasteiger partial charge is 0.325 e. The van der Waals surface area contributed by atoms with Gasteiger partial charge in [-0.15, -0.1) is 0 Å². The van der Waals surface area contributed by atoms with E-state index < -0.39 is 0 Å². The molecule has 0 aliphatic heterocycles. The van der Waals surface area contributed by atoms with E-state index in [1.807, 2.05) is 18.1 Å². The minimum atomic E-state index is 0.0546. The Labute approximate surface area is 117 Å². The summed E-state index contributed by atoms with van der Waals surface area (Å²) in [4.78, 5) is 13.9. The third kappa shape index (κ3) is 4.55. The van der Waals surface area contributed by atoms with Gasteiger partial charge in [-0.25, -0.2) is 4.79 Å². The van der Waals surface area contributed by atoms with E-state index in [1.165, 1.54) is 51.4 Å². The van der Waals surface area contributed by atoms with Crippen LogP contribution in [0, 0.1) is 5.92 Å². The first-order chi connectivity index (χ1) is 9.27. The smallest absolute Gasteiger partial charge is 0.321 e. The first-order valence-corrected chi connectivity index (χ1v) is 7.97. The van der Waals surface area contributed by atoms with E-state index in [0.29, 0.717) is 12.0 Å². The van der Waals surface area contributed by atoms with Crippen molar-refractivity contribution in [2.24, 2.45) is 5.92 Å². The molecular weight excluding hydrogens is 236 g/mol. The number of carbonyl (C=O) groups excluding carboxylic acids is 1. The molecule has 1 N–H and O–H groups in total. The fraction of sp³-hybridized carbons (Fsp3) is 0.812. The van der Waals surface area contributed by atoms with Gasteiger partial charge in [0.05, 0.1) is 0 Å². The number of nitrogens with zero attached hydrogens (tertiary/aromatic N) is 1. The molecule has 2 saturated carbocycles. The Hall–Kier alpha value is -0.990. The summed E-state index contributed by atoms with van der Waals surface area (Å²) < 4.78 is 0. The zero-order chi connectivity index (χ0) is 13.5. The summed E-state index contributed by atoms with van der Waals surface area (Å²) in [5, 5.41) is 2.93. The Morgan fingerprint density at radius 3 is 2.21 bits per heavy atom. The van der Waals surface area contributed by atoms with Crippen LogP contribution >= 0.6 is 0 Å². The monoisotopic (exact) mass is 264 g/mol. The second-order valence-corrected chi connectivity index (χ2v) is 6.11. The highest BCUT2D eigenvalue weighted by atomic mass is 16.2. The molecule has 0 aromatic heterocycles. The van der Waals surface area contributed by atoms with Gasteiger partial charge >= 0.3 is 6.03 Å². The molecule has 0 aromatic carbocycles. The van der Waals surface area contributed by atoms with E-state index >= 15 is 0 Å². The standard InChI is InChI=1S/C16H28N2O/c1-18(15-10-6-3-7-11-15)16(19)17-13-12-14-8-4-2-5-9-14/h12-15H,2-11H2,1H3,(H,17,19)/b13-12+. The first kappa shape index (κ1) is 14.4. The van der Waals surface area contributed by atoms with Crippen molar-refractivity contribution < 1.29 is 4.79 Å². The molecule has 2 aliphatic carbocycles. The van der Waals surface area contributed by atoms with E-state index in [2.05, 4.69) is 11.4 Å². The number of urea groups is 1. The van der Waals surface area contributed by atoms with Crippen LogP contribution in [0.15, 0.2) is 12.3 Å². The Balaban J connectivity index is 1.71. The summed E-state index contributed by atoms with van der Waals surface area (Å²) in [5.41, 5.74) is 0. The summed E-state index contributed by atoms with van der Waals surface area (Å²) >= 11 is 0. The van der Waals surface area contributed by atoms with E-state index in [9.17, 15) is 4.79 Å². The lowest BCUT2D eigenvalue weighted by molar-refractivity contribution is 0.177. The van der Waals surface area contributed by atoms with E-state index in [4.69, 9.17) is 0 Å². The number of carbonyl (C=O) groups is 1. The second-order valence-electron chi connectivity index (χ2n) is 6.11. The van der Waals surface area contributed by atoms with E-state index in [1.54, 1.807) is 0 Å². The summed E-state index contributed by atoms with van der Waals surface area (Å²) in [6, 6.07) is 0.496. The SMILES string of the molecule is CN(C(=O)N/C=C/C1CCCCC1)C1CCCCC1. The van der Waals surface area contributed by atoms with Crippen molar-refractivity contribution >= 4 is 6.03 Å². The molecule has 0 aromatic rings. The molecule has 3 heteroatoms. The lowest BCUT2D eigenvalue weighted by Crippen LogP contribution is -2.42. The molecule has 0 unspecified atom stereocenters. The van der Waals surface area contributed by atoms with Gasteiger partial charge in [0.25, 0.3) is 0 Å². The van der Waals surface area contributed by atoms with Crippen LogP contribution in [-0.2, 0) is 0 Å². The van der Waals surface area contributed by atoms with Crippen molar-refractivity contribution in [2.75, 3.05) is 7.05 Å². The van der Waals surface area contributed by atoms with Gasteiger partial charge in [0.15, 0.2) is 0 Å². The van der Waals surface area contributed by atoms with Crippen LogP contribution in [0.5, 0.6) is 0 Å². The van der Waals surface area contributed by atoms with Crippen LogP contribution in [0.25, 0.3) is 0 Å². The van der Waals surface area contributed by atoms with Gasteiger partial charge in [-0.3, -0.25) is 0 Å². The molecule has 108 valence electrons. The molecule has 2 fully saturated rings. The first-order valence-electron chi connectivity index (χ1n) is 7.97. The van der Waals surface area contributed by atoms with Crippen LogP contribution in [0.1, 0.15) is 64.2 Å². The minimum Gasteiger partial charge on any atom is -0.325 e. The van der Waals surface area contributed by atoms with Gasteiger partial charge in [0, 0.05) is 19.3 Å². The van der Waals surface area contributed by atoms with Crippen molar-refractivity contribution in [3.8, 4) is 0 Å². The van der Waals surface area contributed by atoms with Gasteiger partial charge < -0.3 is 10.2 Å². The number of hydrogen-bond donors (Lipinski definition) is 1. The number of allylic oxidation sites excluding steroid dienone is 1. The molecule has 2 amide bonds. The molecule has 0 saturated heterocycles. The van der Waals surface area contributed by atoms with E-state index in [0.717, 1.165) is 12.8 Å². The summed E-state index contributed by atoms with van der Waals surface area (Å²) in [5.74, 6) is 0.675. The number of hydrogen-bond acceptors (Lipinski definition) is 1. The zero-order valence-electron chi connectivity index (χ0n) is 12.2. The topological polar surface area (TPSA) is 32.3 Å². The van der Waals surface area contributed by atoms with Crippen LogP contribution in [0.2, 0.25) is 0 Å². The number of rotatable bonds is 3. The molecule has 0 atom stereocenters. The molecule has 0 bridgehead atoms. The van der Waals surface area contributed by atoms with E-state index in [-0.39, 0.29) is 6.03 Å². The van der Waals surface area contributed by atoms with Gasteiger partial charge in [0.1, 0.15) is 0 Å². The highest BCUT2D eigenvalue weighted by Gasteiger charge is 2.21. The Kier molecular flexibility index (Phi) is 5.74. The molecule has 3 nitrogen and oxygen atoms in total. The van der Waals surface area contributed by atoms with Crippen LogP contribution in [-0.4, -0.2) is 24.0 Å². The molecule has 2 aliphatic rings. The average molecular weight is 264 g/mol. The number of nitrogens with one attached hydrogen (secondary N) is 1. The maximum absolute atomic E-state index is 12.0. The quantitative estimate of drug-likeness (QED) is 0.819. The van der Waals surface area contributed by atoms with Gasteiger partial charge in [0.2, 0.25) is 0 Å². The Morgan fingerprint density at radius 2 is 1.58 bits per heavy atom. The van der Waals surface area contributed by atoms with Crippen molar-refractivity contribution in [1.29, 1.82) is 0 Å². The zero-order valence-corrected chi connectivity index (χ0v) is 12.2. The molecule has 0 spiro atoms. The van der Waals surface area contributed by atoms with Gasteiger partial charge in [-0.05, 0) is 31.6 Å². The third-order valence-electron chi connectivity index (χ3n) is 4.67. The van der Waals surface area contributed by atoms with Crippen LogP contribution < -0.4 is 5.32 Å². The molecular formula is C16H28N2O. The van der Waals surface area contributed by atoms with Gasteiger partial charge in [-0.2, -0.15) is 0 Å².